The third kappa shape index (κ3) is 4.23. The molecule has 3 rings (SSSR count). The quantitative estimate of drug-likeness (QED) is 0.652. The summed E-state index contributed by atoms with van der Waals surface area (Å²) in [5, 5.41) is 18.0. The highest BCUT2D eigenvalue weighted by atomic mass is 16.4. The molecule has 6 heteroatoms. The van der Waals surface area contributed by atoms with Crippen LogP contribution in [-0.2, 0) is 4.79 Å². The maximum Gasteiger partial charge on any atom is 0.255 e. The summed E-state index contributed by atoms with van der Waals surface area (Å²) < 4.78 is 1.75. The molecular weight excluding hydrogens is 342 g/mol. The Morgan fingerprint density at radius 1 is 1.04 bits per heavy atom. The topological polar surface area (TPSA) is 87.1 Å². The number of nitrogens with one attached hydrogen (secondary N) is 1. The molecule has 3 aromatic rings. The zero-order chi connectivity index (χ0) is 19.2. The molecule has 0 saturated carbocycles. The first kappa shape index (κ1) is 18.4. The number of carbonyl (C=O) groups excluding carboxylic acids is 2. The zero-order valence-corrected chi connectivity index (χ0v) is 15.0. The van der Waals surface area contributed by atoms with Gasteiger partial charge in [0.1, 0.15) is 5.69 Å². The van der Waals surface area contributed by atoms with Crippen LogP contribution < -0.4 is 10.4 Å². The van der Waals surface area contributed by atoms with Gasteiger partial charge in [0.05, 0.1) is 16.9 Å². The second kappa shape index (κ2) is 8.31. The molecule has 0 spiro atoms. The maximum atomic E-state index is 12.8. The van der Waals surface area contributed by atoms with E-state index in [1.807, 2.05) is 67.6 Å². The van der Waals surface area contributed by atoms with E-state index in [-0.39, 0.29) is 18.9 Å². The molecule has 138 valence electrons. The van der Waals surface area contributed by atoms with E-state index in [1.54, 1.807) is 4.68 Å². The summed E-state index contributed by atoms with van der Waals surface area (Å²) in [6, 6.07) is 19.1. The predicted octanol–water partition coefficient (Wildman–Crippen LogP) is 2.11. The minimum absolute atomic E-state index is 0.0892. The number of para-hydroxylation sites is 1. The lowest BCUT2D eigenvalue weighted by molar-refractivity contribution is -0.305. The van der Waals surface area contributed by atoms with Gasteiger partial charge in [0.2, 0.25) is 0 Å². The van der Waals surface area contributed by atoms with Crippen LogP contribution in [0.1, 0.15) is 28.9 Å². The summed E-state index contributed by atoms with van der Waals surface area (Å²) in [7, 11) is 0. The van der Waals surface area contributed by atoms with E-state index >= 15 is 0 Å². The fourth-order valence-corrected chi connectivity index (χ4v) is 2.92. The Balaban J connectivity index is 1.96. The van der Waals surface area contributed by atoms with Crippen molar-refractivity contribution in [3.8, 4) is 16.9 Å². The highest BCUT2D eigenvalue weighted by molar-refractivity contribution is 6.01. The molecule has 1 heterocycles. The van der Waals surface area contributed by atoms with Crippen molar-refractivity contribution in [1.82, 2.24) is 15.1 Å². The largest absolute Gasteiger partial charge is 0.550 e. The van der Waals surface area contributed by atoms with Crippen LogP contribution in [0.4, 0.5) is 0 Å². The van der Waals surface area contributed by atoms with E-state index in [2.05, 4.69) is 10.4 Å². The van der Waals surface area contributed by atoms with Gasteiger partial charge >= 0.3 is 0 Å². The van der Waals surface area contributed by atoms with E-state index in [4.69, 9.17) is 0 Å². The van der Waals surface area contributed by atoms with E-state index in [9.17, 15) is 14.7 Å². The number of benzene rings is 2. The number of amides is 1. The molecule has 0 radical (unpaired) electrons. The molecule has 1 aromatic heterocycles. The maximum absolute atomic E-state index is 12.8. The van der Waals surface area contributed by atoms with Crippen LogP contribution in [0, 0.1) is 6.92 Å². The second-order valence-electron chi connectivity index (χ2n) is 6.15. The Morgan fingerprint density at radius 2 is 1.67 bits per heavy atom. The molecule has 6 nitrogen and oxygen atoms in total. The van der Waals surface area contributed by atoms with Crippen molar-refractivity contribution in [2.75, 3.05) is 6.54 Å². The molecule has 0 aliphatic carbocycles. The van der Waals surface area contributed by atoms with Gasteiger partial charge in [-0.05, 0) is 31.9 Å². The molecule has 1 N–H and O–H groups in total. The lowest BCUT2D eigenvalue weighted by atomic mass is 10.1. The normalized spacial score (nSPS) is 10.6. The molecule has 27 heavy (non-hydrogen) atoms. The fourth-order valence-electron chi connectivity index (χ4n) is 2.92. The Hall–Kier alpha value is -3.41. The SMILES string of the molecule is Cc1c(C(=O)NCCCC(=O)[O-])c(-c2ccccc2)nn1-c1ccccc1. The highest BCUT2D eigenvalue weighted by Crippen LogP contribution is 2.27. The first-order valence-electron chi connectivity index (χ1n) is 8.76. The average Bonchev–Trinajstić information content (AvgIpc) is 3.03. The second-order valence-corrected chi connectivity index (χ2v) is 6.15. The number of hydrogen-bond donors (Lipinski definition) is 1. The number of carboxylic acid groups (broad SMARTS) is 1. The minimum Gasteiger partial charge on any atom is -0.550 e. The summed E-state index contributed by atoms with van der Waals surface area (Å²) in [5.41, 5.74) is 3.50. The van der Waals surface area contributed by atoms with E-state index in [0.29, 0.717) is 17.7 Å². The van der Waals surface area contributed by atoms with Crippen molar-refractivity contribution in [3.63, 3.8) is 0 Å². The molecule has 0 unspecified atom stereocenters. The van der Waals surface area contributed by atoms with Crippen molar-refractivity contribution in [1.29, 1.82) is 0 Å². The number of nitrogens with zero attached hydrogens (tertiary/aromatic N) is 2. The van der Waals surface area contributed by atoms with Gasteiger partial charge in [0, 0.05) is 18.1 Å². The van der Waals surface area contributed by atoms with Crippen LogP contribution >= 0.6 is 0 Å². The smallest absolute Gasteiger partial charge is 0.255 e. The zero-order valence-electron chi connectivity index (χ0n) is 15.0. The third-order valence-corrected chi connectivity index (χ3v) is 4.23. The van der Waals surface area contributed by atoms with Crippen molar-refractivity contribution in [2.45, 2.75) is 19.8 Å². The van der Waals surface area contributed by atoms with E-state index < -0.39 is 5.97 Å². The standard InChI is InChI=1S/C21H21N3O3/c1-15-19(21(27)22-14-8-13-18(25)26)20(16-9-4-2-5-10-16)23-24(15)17-11-6-3-7-12-17/h2-7,9-12H,8,13-14H2,1H3,(H,22,27)(H,25,26)/p-1. The van der Waals surface area contributed by atoms with Gasteiger partial charge in [0.15, 0.2) is 0 Å². The summed E-state index contributed by atoms with van der Waals surface area (Å²) in [6.07, 6.45) is 0.231. The van der Waals surface area contributed by atoms with Crippen LogP contribution in [0.25, 0.3) is 16.9 Å². The number of rotatable bonds is 7. The van der Waals surface area contributed by atoms with Crippen LogP contribution in [0.3, 0.4) is 0 Å². The highest BCUT2D eigenvalue weighted by Gasteiger charge is 2.22. The summed E-state index contributed by atoms with van der Waals surface area (Å²) in [5.74, 6) is -1.39. The fraction of sp³-hybridized carbons (Fsp3) is 0.190. The Bertz CT molecular complexity index is 934. The molecule has 0 aliphatic heterocycles. The molecule has 2 aromatic carbocycles. The third-order valence-electron chi connectivity index (χ3n) is 4.23. The van der Waals surface area contributed by atoms with Gasteiger partial charge < -0.3 is 15.2 Å². The molecule has 0 atom stereocenters. The molecule has 0 aliphatic rings. The Labute approximate surface area is 157 Å². The number of carbonyl (C=O) groups is 2. The van der Waals surface area contributed by atoms with Crippen molar-refractivity contribution in [2.24, 2.45) is 0 Å². The van der Waals surface area contributed by atoms with Gasteiger partial charge in [-0.25, -0.2) is 4.68 Å². The minimum atomic E-state index is -1.12. The van der Waals surface area contributed by atoms with Crippen LogP contribution in [0.5, 0.6) is 0 Å². The first-order chi connectivity index (χ1) is 13.1. The molecule has 0 saturated heterocycles. The van der Waals surface area contributed by atoms with E-state index in [1.165, 1.54) is 0 Å². The average molecular weight is 362 g/mol. The summed E-state index contributed by atoms with van der Waals surface area (Å²) in [4.78, 5) is 23.4. The van der Waals surface area contributed by atoms with Crippen LogP contribution in [0.2, 0.25) is 0 Å². The lowest BCUT2D eigenvalue weighted by Crippen LogP contribution is -2.28. The van der Waals surface area contributed by atoms with Crippen molar-refractivity contribution in [3.05, 3.63) is 71.9 Å². The van der Waals surface area contributed by atoms with E-state index in [0.717, 1.165) is 16.9 Å². The lowest BCUT2D eigenvalue weighted by Gasteiger charge is -2.08. The molecule has 1 amide bonds. The van der Waals surface area contributed by atoms with Crippen molar-refractivity contribution >= 4 is 11.9 Å². The summed E-state index contributed by atoms with van der Waals surface area (Å²) >= 11 is 0. The van der Waals surface area contributed by atoms with Gasteiger partial charge in [-0.15, -0.1) is 0 Å². The van der Waals surface area contributed by atoms with Crippen LogP contribution in [-0.4, -0.2) is 28.2 Å². The van der Waals surface area contributed by atoms with Gasteiger partial charge in [-0.2, -0.15) is 5.10 Å². The van der Waals surface area contributed by atoms with Crippen LogP contribution in [0.15, 0.2) is 60.7 Å². The van der Waals surface area contributed by atoms with Gasteiger partial charge in [0.25, 0.3) is 5.91 Å². The first-order valence-corrected chi connectivity index (χ1v) is 8.76. The number of hydrogen-bond acceptors (Lipinski definition) is 4. The summed E-state index contributed by atoms with van der Waals surface area (Å²) in [6.45, 7) is 2.11. The Morgan fingerprint density at radius 3 is 2.30 bits per heavy atom. The number of aliphatic carboxylic acids is 1. The van der Waals surface area contributed by atoms with Gasteiger partial charge in [-0.1, -0.05) is 48.5 Å². The van der Waals surface area contributed by atoms with Crippen molar-refractivity contribution < 1.29 is 14.7 Å². The molecule has 0 bridgehead atoms. The van der Waals surface area contributed by atoms with Gasteiger partial charge in [-0.3, -0.25) is 4.79 Å². The Kier molecular flexibility index (Phi) is 5.66. The number of aromatic nitrogens is 2. The monoisotopic (exact) mass is 362 g/mol. The molecule has 0 fully saturated rings. The predicted molar refractivity (Wildman–Crippen MR) is 100 cm³/mol. The number of carboxylic acids is 1. The molecular formula is C21H20N3O3-.